The fourth-order valence-electron chi connectivity index (χ4n) is 2.09. The highest BCUT2D eigenvalue weighted by Gasteiger charge is 2.25. The second-order valence-electron chi connectivity index (χ2n) is 4.50. The molecule has 1 aliphatic heterocycles. The average molecular weight is 236 g/mol. The summed E-state index contributed by atoms with van der Waals surface area (Å²) in [5, 5.41) is 16.2. The van der Waals surface area contributed by atoms with Crippen molar-refractivity contribution < 1.29 is 9.84 Å². The predicted octanol–water partition coefficient (Wildman–Crippen LogP) is 0.886. The van der Waals surface area contributed by atoms with Crippen LogP contribution in [0.5, 0.6) is 0 Å². The number of rotatable bonds is 4. The van der Waals surface area contributed by atoms with E-state index >= 15 is 0 Å². The minimum Gasteiger partial charge on any atom is -0.389 e. The van der Waals surface area contributed by atoms with Crippen LogP contribution in [0.4, 0.5) is 5.69 Å². The van der Waals surface area contributed by atoms with Crippen LogP contribution in [-0.2, 0) is 11.3 Å². The second kappa shape index (κ2) is 5.49. The topological polar surface area (TPSA) is 53.5 Å². The normalized spacial score (nSPS) is 23.9. The van der Waals surface area contributed by atoms with Gasteiger partial charge in [0.15, 0.2) is 0 Å². The minimum absolute atomic E-state index is 0.0419. The van der Waals surface area contributed by atoms with E-state index in [4.69, 9.17) is 4.74 Å². The first-order valence-electron chi connectivity index (χ1n) is 5.97. The summed E-state index contributed by atoms with van der Waals surface area (Å²) in [6.07, 6.45) is -0.391. The van der Waals surface area contributed by atoms with Crippen LogP contribution in [0.25, 0.3) is 0 Å². The van der Waals surface area contributed by atoms with Gasteiger partial charge in [-0.2, -0.15) is 0 Å². The molecule has 1 aromatic carbocycles. The van der Waals surface area contributed by atoms with Gasteiger partial charge in [0.2, 0.25) is 0 Å². The van der Waals surface area contributed by atoms with Crippen molar-refractivity contribution in [2.75, 3.05) is 25.6 Å². The molecular formula is C13H20N2O2. The number of aryl methyl sites for hydroxylation is 1. The molecule has 4 heteroatoms. The van der Waals surface area contributed by atoms with Crippen molar-refractivity contribution >= 4 is 5.69 Å². The highest BCUT2D eigenvalue weighted by Crippen LogP contribution is 2.17. The Kier molecular flexibility index (Phi) is 3.99. The number of ether oxygens (including phenoxy) is 1. The van der Waals surface area contributed by atoms with Gasteiger partial charge in [0.05, 0.1) is 25.4 Å². The lowest BCUT2D eigenvalue weighted by Gasteiger charge is -2.16. The standard InChI is InChI=1S/C13H20N2O2/c1-9-3-4-11(14-2)10(5-9)6-15-12-7-17-8-13(12)16/h3-5,12-16H,6-8H2,1-2H3/t12-,13+/m1/s1. The van der Waals surface area contributed by atoms with Crippen LogP contribution in [0.15, 0.2) is 18.2 Å². The van der Waals surface area contributed by atoms with Gasteiger partial charge in [0, 0.05) is 19.3 Å². The number of nitrogens with one attached hydrogen (secondary N) is 2. The molecular weight excluding hydrogens is 216 g/mol. The fourth-order valence-corrected chi connectivity index (χ4v) is 2.09. The van der Waals surface area contributed by atoms with E-state index < -0.39 is 6.10 Å². The summed E-state index contributed by atoms with van der Waals surface area (Å²) in [5.41, 5.74) is 3.58. The van der Waals surface area contributed by atoms with E-state index in [-0.39, 0.29) is 6.04 Å². The maximum absolute atomic E-state index is 9.64. The molecule has 4 nitrogen and oxygen atoms in total. The lowest BCUT2D eigenvalue weighted by Crippen LogP contribution is -2.38. The molecule has 3 N–H and O–H groups in total. The van der Waals surface area contributed by atoms with Crippen molar-refractivity contribution in [3.63, 3.8) is 0 Å². The van der Waals surface area contributed by atoms with Crippen LogP contribution in [0, 0.1) is 6.92 Å². The van der Waals surface area contributed by atoms with Crippen LogP contribution < -0.4 is 10.6 Å². The molecule has 0 aromatic heterocycles. The van der Waals surface area contributed by atoms with Crippen molar-refractivity contribution in [2.24, 2.45) is 0 Å². The van der Waals surface area contributed by atoms with Gasteiger partial charge < -0.3 is 20.5 Å². The van der Waals surface area contributed by atoms with E-state index in [0.29, 0.717) is 13.2 Å². The van der Waals surface area contributed by atoms with Crippen molar-refractivity contribution in [2.45, 2.75) is 25.6 Å². The number of hydrogen-bond acceptors (Lipinski definition) is 4. The molecule has 2 rings (SSSR count). The molecule has 0 bridgehead atoms. The zero-order chi connectivity index (χ0) is 12.3. The zero-order valence-electron chi connectivity index (χ0n) is 10.4. The third-order valence-electron chi connectivity index (χ3n) is 3.14. The Bertz CT molecular complexity index is 382. The SMILES string of the molecule is CNc1ccc(C)cc1CN[C@@H]1COC[C@@H]1O. The molecule has 0 amide bonds. The highest BCUT2D eigenvalue weighted by molar-refractivity contribution is 5.52. The smallest absolute Gasteiger partial charge is 0.0948 e. The maximum atomic E-state index is 9.64. The van der Waals surface area contributed by atoms with Crippen molar-refractivity contribution in [1.82, 2.24) is 5.32 Å². The van der Waals surface area contributed by atoms with Crippen LogP contribution in [0.2, 0.25) is 0 Å². The number of anilines is 1. The van der Waals surface area contributed by atoms with Gasteiger partial charge in [0.1, 0.15) is 0 Å². The molecule has 1 fully saturated rings. The second-order valence-corrected chi connectivity index (χ2v) is 4.50. The molecule has 17 heavy (non-hydrogen) atoms. The molecule has 0 unspecified atom stereocenters. The first kappa shape index (κ1) is 12.4. The van der Waals surface area contributed by atoms with E-state index in [2.05, 4.69) is 35.8 Å². The van der Waals surface area contributed by atoms with E-state index in [1.807, 2.05) is 7.05 Å². The molecule has 1 aliphatic rings. The third kappa shape index (κ3) is 2.97. The van der Waals surface area contributed by atoms with Crippen LogP contribution in [0.1, 0.15) is 11.1 Å². The summed E-state index contributed by atoms with van der Waals surface area (Å²) in [6.45, 7) is 3.84. The summed E-state index contributed by atoms with van der Waals surface area (Å²) < 4.78 is 5.21. The summed E-state index contributed by atoms with van der Waals surface area (Å²) in [7, 11) is 1.92. The number of aliphatic hydroxyl groups excluding tert-OH is 1. The van der Waals surface area contributed by atoms with Crippen molar-refractivity contribution in [3.05, 3.63) is 29.3 Å². The summed E-state index contributed by atoms with van der Waals surface area (Å²) in [4.78, 5) is 0. The molecule has 0 aliphatic carbocycles. The predicted molar refractivity (Wildman–Crippen MR) is 68.2 cm³/mol. The Labute approximate surface area is 102 Å². The van der Waals surface area contributed by atoms with E-state index in [9.17, 15) is 5.11 Å². The monoisotopic (exact) mass is 236 g/mol. The molecule has 0 radical (unpaired) electrons. The van der Waals surface area contributed by atoms with E-state index in [1.165, 1.54) is 11.1 Å². The Hall–Kier alpha value is -1.10. The average Bonchev–Trinajstić information content (AvgIpc) is 2.72. The largest absolute Gasteiger partial charge is 0.389 e. The third-order valence-corrected chi connectivity index (χ3v) is 3.14. The molecule has 1 saturated heterocycles. The van der Waals surface area contributed by atoms with Gasteiger partial charge in [-0.1, -0.05) is 17.7 Å². The van der Waals surface area contributed by atoms with Crippen molar-refractivity contribution in [1.29, 1.82) is 0 Å². The minimum atomic E-state index is -0.391. The molecule has 2 atom stereocenters. The van der Waals surface area contributed by atoms with Crippen LogP contribution in [0.3, 0.4) is 0 Å². The van der Waals surface area contributed by atoms with Gasteiger partial charge in [-0.25, -0.2) is 0 Å². The Morgan fingerprint density at radius 2 is 2.24 bits per heavy atom. The van der Waals surface area contributed by atoms with E-state index in [1.54, 1.807) is 0 Å². The molecule has 0 saturated carbocycles. The van der Waals surface area contributed by atoms with Crippen LogP contribution in [-0.4, -0.2) is 37.5 Å². The fraction of sp³-hybridized carbons (Fsp3) is 0.538. The highest BCUT2D eigenvalue weighted by atomic mass is 16.5. The Morgan fingerprint density at radius 3 is 2.88 bits per heavy atom. The van der Waals surface area contributed by atoms with E-state index in [0.717, 1.165) is 12.2 Å². The zero-order valence-corrected chi connectivity index (χ0v) is 10.4. The lowest BCUT2D eigenvalue weighted by atomic mass is 10.1. The lowest BCUT2D eigenvalue weighted by molar-refractivity contribution is 0.122. The first-order valence-corrected chi connectivity index (χ1v) is 5.97. The molecule has 0 spiro atoms. The number of benzene rings is 1. The van der Waals surface area contributed by atoms with Gasteiger partial charge in [-0.05, 0) is 18.6 Å². The maximum Gasteiger partial charge on any atom is 0.0948 e. The number of hydrogen-bond donors (Lipinski definition) is 3. The van der Waals surface area contributed by atoms with Gasteiger partial charge in [-0.15, -0.1) is 0 Å². The van der Waals surface area contributed by atoms with Gasteiger partial charge in [0.25, 0.3) is 0 Å². The summed E-state index contributed by atoms with van der Waals surface area (Å²) in [5.74, 6) is 0. The summed E-state index contributed by atoms with van der Waals surface area (Å²) >= 11 is 0. The van der Waals surface area contributed by atoms with Crippen LogP contribution >= 0.6 is 0 Å². The van der Waals surface area contributed by atoms with Crippen molar-refractivity contribution in [3.8, 4) is 0 Å². The molecule has 1 aromatic rings. The Balaban J connectivity index is 2.00. The molecule has 1 heterocycles. The number of aliphatic hydroxyl groups is 1. The Morgan fingerprint density at radius 1 is 1.41 bits per heavy atom. The summed E-state index contributed by atoms with van der Waals surface area (Å²) in [6, 6.07) is 6.36. The molecule has 94 valence electrons. The first-order chi connectivity index (χ1) is 8.20. The quantitative estimate of drug-likeness (QED) is 0.726. The van der Waals surface area contributed by atoms with Gasteiger partial charge in [-0.3, -0.25) is 0 Å². The van der Waals surface area contributed by atoms with Gasteiger partial charge >= 0.3 is 0 Å².